The Morgan fingerprint density at radius 2 is 1.89 bits per heavy atom. The lowest BCUT2D eigenvalue weighted by molar-refractivity contribution is -0.0785. The largest absolute Gasteiger partial charge is 0.444 e. The quantitative estimate of drug-likeness (QED) is 0.178. The molecule has 1 amide bonds. The number of pyridine rings is 1. The maximum atomic E-state index is 16.6. The Hall–Kier alpha value is -3.70. The zero-order chi connectivity index (χ0) is 33.5. The zero-order valence-corrected chi connectivity index (χ0v) is 29.0. The van der Waals surface area contributed by atoms with Crippen molar-refractivity contribution in [1.29, 1.82) is 0 Å². The Kier molecular flexibility index (Phi) is 9.13. The predicted molar refractivity (Wildman–Crippen MR) is 179 cm³/mol. The van der Waals surface area contributed by atoms with Gasteiger partial charge in [-0.25, -0.2) is 28.0 Å². The molecule has 2 aliphatic heterocycles. The van der Waals surface area contributed by atoms with Crippen LogP contribution in [0.3, 0.4) is 0 Å². The van der Waals surface area contributed by atoms with E-state index in [0.717, 1.165) is 22.6 Å². The topological polar surface area (TPSA) is 106 Å². The first-order chi connectivity index (χ1) is 21.6. The second-order valence-electron chi connectivity index (χ2n) is 14.0. The molecule has 4 heterocycles. The number of carbonyl (C=O) groups is 1. The number of aromatic nitrogens is 2. The summed E-state index contributed by atoms with van der Waals surface area (Å²) in [4.78, 5) is 18.7. The standard InChI is InChI=1S/C33H42FN5O5SSi/c1-8-24-18-35-29-27(14-15-37(29)23-43-16-17-46(5,6)7)28(24)25-19-36-39(20-25)33(21-38(22-33)31(40)44-32(2,3)4)30(34)45(41,42)26-12-10-9-11-13-26/h1,9-15,18,20,30,36H,16-17,19,21-23H2,2-7H3. The van der Waals surface area contributed by atoms with E-state index in [2.05, 4.69) is 36.0 Å². The van der Waals surface area contributed by atoms with Crippen LogP contribution in [0.1, 0.15) is 31.9 Å². The van der Waals surface area contributed by atoms with E-state index in [1.54, 1.807) is 51.4 Å². The second kappa shape index (κ2) is 12.5. The first-order valence-corrected chi connectivity index (χ1v) is 20.5. The summed E-state index contributed by atoms with van der Waals surface area (Å²) < 4.78 is 57.2. The monoisotopic (exact) mass is 667 g/mol. The minimum Gasteiger partial charge on any atom is -0.444 e. The van der Waals surface area contributed by atoms with E-state index in [0.29, 0.717) is 24.5 Å². The van der Waals surface area contributed by atoms with Gasteiger partial charge in [0.2, 0.25) is 15.3 Å². The number of hydrogen-bond acceptors (Lipinski definition) is 8. The highest BCUT2D eigenvalue weighted by molar-refractivity contribution is 7.92. The molecule has 1 N–H and O–H groups in total. The highest BCUT2D eigenvalue weighted by Gasteiger charge is 2.61. The number of hydrogen-bond donors (Lipinski definition) is 1. The van der Waals surface area contributed by atoms with Gasteiger partial charge in [-0.3, -0.25) is 0 Å². The number of carbonyl (C=O) groups excluding carboxylic acids is 1. The third-order valence-corrected chi connectivity index (χ3v) is 11.7. The van der Waals surface area contributed by atoms with Crippen molar-refractivity contribution in [2.75, 3.05) is 26.2 Å². The number of fused-ring (bicyclic) bond motifs is 1. The number of ether oxygens (including phenoxy) is 2. The number of sulfone groups is 1. The normalized spacial score (nSPS) is 17.4. The maximum absolute atomic E-state index is 16.6. The van der Waals surface area contributed by atoms with E-state index in [4.69, 9.17) is 15.9 Å². The number of amides is 1. The van der Waals surface area contributed by atoms with Gasteiger partial charge in [-0.15, -0.1) is 6.42 Å². The van der Waals surface area contributed by atoms with Crippen LogP contribution in [0.2, 0.25) is 25.7 Å². The Morgan fingerprint density at radius 3 is 2.52 bits per heavy atom. The summed E-state index contributed by atoms with van der Waals surface area (Å²) in [6, 6.07) is 10.5. The zero-order valence-electron chi connectivity index (χ0n) is 27.2. The average Bonchev–Trinajstić information content (AvgIpc) is 3.61. The number of rotatable bonds is 10. The summed E-state index contributed by atoms with van der Waals surface area (Å²) >= 11 is 0. The minimum absolute atomic E-state index is 0.139. The molecule has 3 aromatic rings. The number of terminal acetylenes is 1. The van der Waals surface area contributed by atoms with Crippen LogP contribution in [-0.4, -0.2) is 84.9 Å². The van der Waals surface area contributed by atoms with Gasteiger partial charge in [0.05, 0.1) is 23.5 Å². The minimum atomic E-state index is -4.44. The number of alkyl halides is 1. The van der Waals surface area contributed by atoms with Gasteiger partial charge in [-0.1, -0.05) is 43.8 Å². The molecule has 5 rings (SSSR count). The van der Waals surface area contributed by atoms with Crippen molar-refractivity contribution in [3.63, 3.8) is 0 Å². The molecule has 1 fully saturated rings. The van der Waals surface area contributed by atoms with Crippen molar-refractivity contribution >= 4 is 40.6 Å². The van der Waals surface area contributed by atoms with Crippen molar-refractivity contribution in [2.45, 2.75) is 74.7 Å². The lowest BCUT2D eigenvalue weighted by atomic mass is 9.90. The van der Waals surface area contributed by atoms with Gasteiger partial charge in [-0.2, -0.15) is 0 Å². The van der Waals surface area contributed by atoms with Crippen molar-refractivity contribution in [1.82, 2.24) is 24.9 Å². The fourth-order valence-electron chi connectivity index (χ4n) is 5.59. The number of benzene rings is 1. The van der Waals surface area contributed by atoms with Gasteiger partial charge in [0.1, 0.15) is 23.5 Å². The first kappa shape index (κ1) is 33.7. The summed E-state index contributed by atoms with van der Waals surface area (Å²) in [5, 5.41) is 2.28. The second-order valence-corrected chi connectivity index (χ2v) is 21.6. The van der Waals surface area contributed by atoms with Crippen LogP contribution in [-0.2, 0) is 26.0 Å². The van der Waals surface area contributed by atoms with Crippen molar-refractivity contribution in [3.05, 3.63) is 66.1 Å². The summed E-state index contributed by atoms with van der Waals surface area (Å²) in [7, 11) is -5.68. The summed E-state index contributed by atoms with van der Waals surface area (Å²) in [5.41, 5.74) is 1.11. The molecule has 1 unspecified atom stereocenters. The Balaban J connectivity index is 1.48. The Labute approximate surface area is 271 Å². The third-order valence-electron chi connectivity index (χ3n) is 8.04. The molecule has 10 nitrogen and oxygen atoms in total. The van der Waals surface area contributed by atoms with Crippen LogP contribution in [0, 0.1) is 12.3 Å². The van der Waals surface area contributed by atoms with E-state index in [-0.39, 0.29) is 24.5 Å². The third kappa shape index (κ3) is 6.71. The molecule has 2 aliphatic rings. The molecule has 1 atom stereocenters. The lowest BCUT2D eigenvalue weighted by Gasteiger charge is -2.54. The molecule has 1 saturated heterocycles. The number of nitrogens with one attached hydrogen (secondary N) is 1. The van der Waals surface area contributed by atoms with E-state index < -0.39 is 40.6 Å². The van der Waals surface area contributed by atoms with Gasteiger partial charge < -0.3 is 23.9 Å². The highest BCUT2D eigenvalue weighted by atomic mass is 32.2. The smallest absolute Gasteiger partial charge is 0.410 e. The molecule has 13 heteroatoms. The van der Waals surface area contributed by atoms with Gasteiger partial charge in [0.25, 0.3) is 0 Å². The van der Waals surface area contributed by atoms with E-state index in [1.807, 2.05) is 16.8 Å². The molecule has 0 saturated carbocycles. The van der Waals surface area contributed by atoms with Crippen LogP contribution in [0.25, 0.3) is 16.6 Å². The summed E-state index contributed by atoms with van der Waals surface area (Å²) in [6.07, 6.45) is 10.5. The SMILES string of the molecule is C#Cc1cnc2c(ccn2COCC[Si](C)(C)C)c1C1=CN(C2(C(F)S(=O)(=O)c3ccccc3)CN(C(=O)OC(C)(C)C)C2)NC1. The van der Waals surface area contributed by atoms with Crippen LogP contribution in [0.5, 0.6) is 0 Å². The number of nitrogens with zero attached hydrogens (tertiary/aromatic N) is 4. The Bertz CT molecular complexity index is 1780. The maximum Gasteiger partial charge on any atom is 0.410 e. The van der Waals surface area contributed by atoms with Crippen LogP contribution >= 0.6 is 0 Å². The number of hydrazine groups is 1. The molecular formula is C33H42FN5O5SSi. The highest BCUT2D eigenvalue weighted by Crippen LogP contribution is 2.41. The number of likely N-dealkylation sites (tertiary alicyclic amines) is 1. The molecule has 0 bridgehead atoms. The molecular weight excluding hydrogens is 626 g/mol. The molecule has 2 aromatic heterocycles. The number of halogens is 1. The van der Waals surface area contributed by atoms with Crippen molar-refractivity contribution in [3.8, 4) is 12.3 Å². The molecule has 1 aromatic carbocycles. The molecule has 246 valence electrons. The van der Waals surface area contributed by atoms with E-state index in [9.17, 15) is 13.2 Å². The van der Waals surface area contributed by atoms with Crippen molar-refractivity contribution < 1.29 is 27.1 Å². The summed E-state index contributed by atoms with van der Waals surface area (Å²) in [5.74, 6) is 2.71. The molecule has 0 aliphatic carbocycles. The molecule has 0 radical (unpaired) electrons. The lowest BCUT2D eigenvalue weighted by Crippen LogP contribution is -2.77. The van der Waals surface area contributed by atoms with E-state index >= 15 is 4.39 Å². The van der Waals surface area contributed by atoms with Crippen LogP contribution < -0.4 is 5.43 Å². The van der Waals surface area contributed by atoms with Crippen LogP contribution in [0.4, 0.5) is 9.18 Å². The predicted octanol–water partition coefficient (Wildman–Crippen LogP) is 5.25. The fourth-order valence-corrected chi connectivity index (χ4v) is 7.96. The summed E-state index contributed by atoms with van der Waals surface area (Å²) in [6.45, 7) is 12.9. The van der Waals surface area contributed by atoms with Gasteiger partial charge in [0, 0.05) is 50.8 Å². The van der Waals surface area contributed by atoms with Crippen molar-refractivity contribution in [2.24, 2.45) is 0 Å². The van der Waals surface area contributed by atoms with Gasteiger partial charge in [0.15, 0.2) is 0 Å². The molecule has 0 spiro atoms. The average molecular weight is 668 g/mol. The Morgan fingerprint density at radius 1 is 1.20 bits per heavy atom. The van der Waals surface area contributed by atoms with Gasteiger partial charge in [-0.05, 0) is 50.6 Å². The van der Waals surface area contributed by atoms with E-state index in [1.165, 1.54) is 22.0 Å². The fraction of sp³-hybridized carbons (Fsp3) is 0.455. The van der Waals surface area contributed by atoms with Crippen LogP contribution in [0.15, 0.2) is 59.9 Å². The first-order valence-electron chi connectivity index (χ1n) is 15.2. The molecule has 46 heavy (non-hydrogen) atoms. The van der Waals surface area contributed by atoms with Gasteiger partial charge >= 0.3 is 6.09 Å².